The van der Waals surface area contributed by atoms with Gasteiger partial charge in [-0.25, -0.2) is 13.5 Å². The van der Waals surface area contributed by atoms with Crippen molar-refractivity contribution in [3.05, 3.63) is 81.1 Å². The highest BCUT2D eigenvalue weighted by Gasteiger charge is 2.20. The number of carbonyl (C=O) groups excluding carboxylic acids is 1. The van der Waals surface area contributed by atoms with Crippen LogP contribution in [0.25, 0.3) is 11.3 Å². The number of aromatic nitrogens is 2. The van der Waals surface area contributed by atoms with Crippen molar-refractivity contribution in [1.82, 2.24) is 20.5 Å². The smallest absolute Gasteiger partial charge is 0.266 e. The van der Waals surface area contributed by atoms with Crippen LogP contribution in [0, 0.1) is 0 Å². The van der Waals surface area contributed by atoms with Crippen LogP contribution in [0.15, 0.2) is 64.3 Å². The quantitative estimate of drug-likeness (QED) is 0.516. The summed E-state index contributed by atoms with van der Waals surface area (Å²) in [5.41, 5.74) is 3.55. The van der Waals surface area contributed by atoms with Crippen LogP contribution in [-0.2, 0) is 16.4 Å². The van der Waals surface area contributed by atoms with Crippen LogP contribution >= 0.6 is 11.6 Å². The van der Waals surface area contributed by atoms with Crippen molar-refractivity contribution in [3.63, 3.8) is 0 Å². The molecule has 1 aromatic heterocycles. The van der Waals surface area contributed by atoms with E-state index >= 15 is 0 Å². The zero-order valence-electron chi connectivity index (χ0n) is 15.3. The van der Waals surface area contributed by atoms with Gasteiger partial charge in [-0.05, 0) is 48.4 Å². The van der Waals surface area contributed by atoms with Gasteiger partial charge >= 0.3 is 0 Å². The maximum Gasteiger partial charge on any atom is 0.266 e. The fourth-order valence-electron chi connectivity index (χ4n) is 2.60. The standard InChI is InChI=1S/C19H17ClN4O4S/c1-2-12-3-4-14(16-9-10-18(25)22-21-16)11-17(12)29(27,28)24-23-19(26)13-5-7-15(20)8-6-13/h3-11,24H,2H2,1H3,(H,22,25)(H,23,26). The number of benzene rings is 2. The first-order valence-electron chi connectivity index (χ1n) is 8.57. The Bertz CT molecular complexity index is 1190. The van der Waals surface area contributed by atoms with Crippen LogP contribution in [-0.4, -0.2) is 24.5 Å². The van der Waals surface area contributed by atoms with Crippen LogP contribution in [0.3, 0.4) is 0 Å². The third kappa shape index (κ3) is 4.89. The molecule has 0 unspecified atom stereocenters. The van der Waals surface area contributed by atoms with E-state index in [1.54, 1.807) is 12.1 Å². The molecule has 0 fully saturated rings. The average molecular weight is 433 g/mol. The number of aryl methyl sites for hydroxylation is 1. The zero-order chi connectivity index (χ0) is 21.0. The lowest BCUT2D eigenvalue weighted by Gasteiger charge is -2.13. The van der Waals surface area contributed by atoms with Crippen LogP contribution in [0.5, 0.6) is 0 Å². The molecule has 0 aliphatic rings. The lowest BCUT2D eigenvalue weighted by Crippen LogP contribution is -2.41. The third-order valence-corrected chi connectivity index (χ3v) is 5.70. The molecule has 0 atom stereocenters. The van der Waals surface area contributed by atoms with Gasteiger partial charge in [0.15, 0.2) is 0 Å². The molecular weight excluding hydrogens is 416 g/mol. The number of nitrogens with zero attached hydrogens (tertiary/aromatic N) is 1. The summed E-state index contributed by atoms with van der Waals surface area (Å²) in [6, 6.07) is 13.6. The first-order chi connectivity index (χ1) is 13.8. The number of hydrogen-bond acceptors (Lipinski definition) is 5. The number of halogens is 1. The summed E-state index contributed by atoms with van der Waals surface area (Å²) in [4.78, 5) is 25.5. The van der Waals surface area contributed by atoms with E-state index < -0.39 is 15.9 Å². The average Bonchev–Trinajstić information content (AvgIpc) is 2.72. The highest BCUT2D eigenvalue weighted by Crippen LogP contribution is 2.24. The van der Waals surface area contributed by atoms with Gasteiger partial charge in [-0.15, -0.1) is 4.83 Å². The Hall–Kier alpha value is -3.01. The van der Waals surface area contributed by atoms with E-state index in [9.17, 15) is 18.0 Å². The summed E-state index contributed by atoms with van der Waals surface area (Å²) in [5.74, 6) is -0.623. The first kappa shape index (κ1) is 20.7. The summed E-state index contributed by atoms with van der Waals surface area (Å²) >= 11 is 5.79. The second-order valence-electron chi connectivity index (χ2n) is 6.05. The normalized spacial score (nSPS) is 11.2. The lowest BCUT2D eigenvalue weighted by atomic mass is 10.1. The van der Waals surface area contributed by atoms with E-state index in [0.717, 1.165) is 0 Å². The van der Waals surface area contributed by atoms with E-state index in [1.165, 1.54) is 42.5 Å². The molecule has 150 valence electrons. The van der Waals surface area contributed by atoms with Crippen molar-refractivity contribution in [1.29, 1.82) is 0 Å². The molecule has 0 aliphatic carbocycles. The van der Waals surface area contributed by atoms with E-state index in [2.05, 4.69) is 20.5 Å². The Balaban J connectivity index is 1.87. The van der Waals surface area contributed by atoms with Gasteiger partial charge in [-0.3, -0.25) is 15.0 Å². The minimum Gasteiger partial charge on any atom is -0.273 e. The molecule has 10 heteroatoms. The van der Waals surface area contributed by atoms with Gasteiger partial charge in [0.05, 0.1) is 10.6 Å². The van der Waals surface area contributed by atoms with E-state index in [4.69, 9.17) is 11.6 Å². The molecule has 3 aromatic rings. The minimum atomic E-state index is -4.06. The number of aromatic amines is 1. The number of H-pyrrole nitrogens is 1. The summed E-state index contributed by atoms with van der Waals surface area (Å²) < 4.78 is 25.6. The number of nitrogens with one attached hydrogen (secondary N) is 3. The van der Waals surface area contributed by atoms with Crippen LogP contribution in [0.4, 0.5) is 0 Å². The Morgan fingerprint density at radius 2 is 1.83 bits per heavy atom. The number of carbonyl (C=O) groups is 1. The molecule has 0 aliphatic heterocycles. The molecule has 29 heavy (non-hydrogen) atoms. The number of sulfonamides is 1. The Morgan fingerprint density at radius 3 is 2.45 bits per heavy atom. The van der Waals surface area contributed by atoms with Crippen molar-refractivity contribution < 1.29 is 13.2 Å². The van der Waals surface area contributed by atoms with Gasteiger partial charge in [-0.2, -0.15) is 5.10 Å². The minimum absolute atomic E-state index is 0.00176. The molecule has 0 saturated carbocycles. The van der Waals surface area contributed by atoms with Crippen molar-refractivity contribution in [2.45, 2.75) is 18.2 Å². The van der Waals surface area contributed by atoms with Crippen molar-refractivity contribution in [2.24, 2.45) is 0 Å². The van der Waals surface area contributed by atoms with Crippen LogP contribution in [0.2, 0.25) is 5.02 Å². The Morgan fingerprint density at radius 1 is 1.10 bits per heavy atom. The highest BCUT2D eigenvalue weighted by molar-refractivity contribution is 7.89. The van der Waals surface area contributed by atoms with Crippen molar-refractivity contribution >= 4 is 27.5 Å². The SMILES string of the molecule is CCc1ccc(-c2ccc(=O)[nH]n2)cc1S(=O)(=O)NNC(=O)c1ccc(Cl)cc1. The molecule has 3 N–H and O–H groups in total. The maximum atomic E-state index is 12.8. The molecule has 2 aromatic carbocycles. The number of hydrazine groups is 1. The molecule has 0 spiro atoms. The van der Waals surface area contributed by atoms with E-state index in [-0.39, 0.29) is 16.0 Å². The molecule has 3 rings (SSSR count). The predicted octanol–water partition coefficient (Wildman–Crippen LogP) is 2.28. The highest BCUT2D eigenvalue weighted by atomic mass is 35.5. The van der Waals surface area contributed by atoms with Gasteiger partial charge < -0.3 is 0 Å². The monoisotopic (exact) mass is 432 g/mol. The third-order valence-electron chi connectivity index (χ3n) is 4.12. The zero-order valence-corrected chi connectivity index (χ0v) is 16.8. The van der Waals surface area contributed by atoms with Crippen LogP contribution in [0.1, 0.15) is 22.8 Å². The molecular formula is C19H17ClN4O4S. The molecule has 0 saturated heterocycles. The Kier molecular flexibility index (Phi) is 6.12. The van der Waals surface area contributed by atoms with Crippen molar-refractivity contribution in [2.75, 3.05) is 0 Å². The van der Waals surface area contributed by atoms with Crippen molar-refractivity contribution in [3.8, 4) is 11.3 Å². The largest absolute Gasteiger partial charge is 0.273 e. The maximum absolute atomic E-state index is 12.8. The summed E-state index contributed by atoms with van der Waals surface area (Å²) in [6.07, 6.45) is 0.459. The van der Waals surface area contributed by atoms with Gasteiger partial charge in [0.1, 0.15) is 0 Å². The molecule has 8 nitrogen and oxygen atoms in total. The molecule has 0 bridgehead atoms. The predicted molar refractivity (Wildman–Crippen MR) is 109 cm³/mol. The van der Waals surface area contributed by atoms with Crippen LogP contribution < -0.4 is 15.8 Å². The summed E-state index contributed by atoms with van der Waals surface area (Å²) in [5, 5.41) is 6.69. The van der Waals surface area contributed by atoms with E-state index in [1.807, 2.05) is 6.92 Å². The Labute approximate surface area is 172 Å². The molecule has 0 radical (unpaired) electrons. The number of amides is 1. The molecule has 1 heterocycles. The van der Waals surface area contributed by atoms with Gasteiger partial charge in [0.25, 0.3) is 21.5 Å². The molecule has 1 amide bonds. The second-order valence-corrected chi connectivity index (χ2v) is 8.14. The topological polar surface area (TPSA) is 121 Å². The first-order valence-corrected chi connectivity index (χ1v) is 10.4. The lowest BCUT2D eigenvalue weighted by molar-refractivity contribution is 0.0945. The number of rotatable bonds is 6. The fraction of sp³-hybridized carbons (Fsp3) is 0.105. The summed E-state index contributed by atoms with van der Waals surface area (Å²) in [6.45, 7) is 1.82. The van der Waals surface area contributed by atoms with Gasteiger partial charge in [-0.1, -0.05) is 30.7 Å². The fourth-order valence-corrected chi connectivity index (χ4v) is 3.91. The number of hydrogen-bond donors (Lipinski definition) is 3. The van der Waals surface area contributed by atoms with Gasteiger partial charge in [0, 0.05) is 22.2 Å². The van der Waals surface area contributed by atoms with Gasteiger partial charge in [0.2, 0.25) is 0 Å². The summed E-state index contributed by atoms with van der Waals surface area (Å²) in [7, 11) is -4.06. The van der Waals surface area contributed by atoms with E-state index in [0.29, 0.717) is 28.3 Å². The second kappa shape index (κ2) is 8.56.